The molecule has 31 heavy (non-hydrogen) atoms. The summed E-state index contributed by atoms with van der Waals surface area (Å²) in [5.41, 5.74) is 2.89. The number of nitrogens with one attached hydrogen (secondary N) is 1. The molecule has 0 spiro atoms. The van der Waals surface area contributed by atoms with E-state index in [1.165, 1.54) is 0 Å². The van der Waals surface area contributed by atoms with E-state index in [0.717, 1.165) is 16.5 Å². The van der Waals surface area contributed by atoms with E-state index in [1.807, 2.05) is 24.3 Å². The van der Waals surface area contributed by atoms with Crippen LogP contribution in [-0.4, -0.2) is 34.4 Å². The van der Waals surface area contributed by atoms with Gasteiger partial charge in [0.15, 0.2) is 0 Å². The molecule has 160 valence electrons. The second kappa shape index (κ2) is 7.89. The third kappa shape index (κ3) is 3.86. The molecular weight excluding hydrogens is 412 g/mol. The topological polar surface area (TPSA) is 62.4 Å². The van der Waals surface area contributed by atoms with E-state index < -0.39 is 11.4 Å². The fourth-order valence-electron chi connectivity index (χ4n) is 4.17. The van der Waals surface area contributed by atoms with Crippen molar-refractivity contribution < 1.29 is 14.3 Å². The second-order valence-electron chi connectivity index (χ2n) is 8.71. The van der Waals surface area contributed by atoms with Crippen molar-refractivity contribution in [3.8, 4) is 0 Å². The Hall–Kier alpha value is -3.05. The first-order valence-electron chi connectivity index (χ1n) is 10.3. The predicted octanol–water partition coefficient (Wildman–Crippen LogP) is 5.55. The summed E-state index contributed by atoms with van der Waals surface area (Å²) in [6.07, 6.45) is 1.31. The lowest BCUT2D eigenvalue weighted by atomic mass is 9.81. The zero-order valence-corrected chi connectivity index (χ0v) is 18.8. The molecule has 0 atom stereocenters. The molecular formula is C25H25ClN2O3. The number of benzene rings is 2. The van der Waals surface area contributed by atoms with E-state index in [4.69, 9.17) is 16.3 Å². The molecule has 2 aromatic carbocycles. The highest BCUT2D eigenvalue weighted by Gasteiger charge is 2.37. The van der Waals surface area contributed by atoms with Crippen LogP contribution in [0.1, 0.15) is 49.3 Å². The van der Waals surface area contributed by atoms with Gasteiger partial charge in [-0.05, 0) is 37.6 Å². The number of aromatic amines is 1. The van der Waals surface area contributed by atoms with Crippen LogP contribution in [0.5, 0.6) is 0 Å². The molecule has 4 rings (SSSR count). The minimum atomic E-state index is -0.475. The number of rotatable bonds is 3. The third-order valence-corrected chi connectivity index (χ3v) is 5.76. The minimum absolute atomic E-state index is 0.261. The monoisotopic (exact) mass is 436 g/mol. The highest BCUT2D eigenvalue weighted by molar-refractivity contribution is 6.34. The molecule has 0 unspecified atom stereocenters. The van der Waals surface area contributed by atoms with Crippen molar-refractivity contribution in [2.45, 2.75) is 39.2 Å². The number of para-hydroxylation sites is 1. The van der Waals surface area contributed by atoms with Gasteiger partial charge < -0.3 is 14.6 Å². The van der Waals surface area contributed by atoms with Crippen LogP contribution in [0.15, 0.2) is 54.7 Å². The number of fused-ring (bicyclic) bond motifs is 3. The standard InChI is InChI=1S/C25H25ClN2O3/c1-15(2)31-24(30)18-13-28(23(29)16-9-5-7-11-19(16)26)14-25(3,4)21-17-10-6-8-12-20(17)27-22(18)21/h5-13,15,27H,14H2,1-4H3. The zero-order valence-electron chi connectivity index (χ0n) is 18.0. The molecule has 0 aliphatic carbocycles. The van der Waals surface area contributed by atoms with Crippen molar-refractivity contribution in [3.63, 3.8) is 0 Å². The van der Waals surface area contributed by atoms with Gasteiger partial charge in [0, 0.05) is 29.1 Å². The average Bonchev–Trinajstić information content (AvgIpc) is 3.05. The Labute approximate surface area is 186 Å². The molecule has 0 bridgehead atoms. The summed E-state index contributed by atoms with van der Waals surface area (Å²) in [6, 6.07) is 14.9. The number of nitrogens with zero attached hydrogens (tertiary/aromatic N) is 1. The lowest BCUT2D eigenvalue weighted by molar-refractivity contribution is -0.140. The van der Waals surface area contributed by atoms with E-state index in [0.29, 0.717) is 28.4 Å². The van der Waals surface area contributed by atoms with Crippen molar-refractivity contribution in [2.75, 3.05) is 6.54 Å². The van der Waals surface area contributed by atoms with Gasteiger partial charge in [-0.25, -0.2) is 4.79 Å². The fraction of sp³-hybridized carbons (Fsp3) is 0.280. The number of ether oxygens (including phenoxy) is 1. The number of esters is 1. The summed E-state index contributed by atoms with van der Waals surface area (Å²) in [6.45, 7) is 8.13. The van der Waals surface area contributed by atoms with Crippen LogP contribution in [0.4, 0.5) is 0 Å². The summed E-state index contributed by atoms with van der Waals surface area (Å²) < 4.78 is 5.53. The van der Waals surface area contributed by atoms with Gasteiger partial charge in [-0.1, -0.05) is 55.8 Å². The van der Waals surface area contributed by atoms with Gasteiger partial charge in [0.2, 0.25) is 0 Å². The van der Waals surface area contributed by atoms with Gasteiger partial charge in [-0.15, -0.1) is 0 Å². The molecule has 0 fully saturated rings. The summed E-state index contributed by atoms with van der Waals surface area (Å²) in [5.74, 6) is -0.736. The molecule has 1 aliphatic rings. The number of H-pyrrole nitrogens is 1. The van der Waals surface area contributed by atoms with Gasteiger partial charge in [0.05, 0.1) is 28.0 Å². The van der Waals surface area contributed by atoms with Crippen LogP contribution in [0.3, 0.4) is 0 Å². The van der Waals surface area contributed by atoms with Crippen molar-refractivity contribution in [1.29, 1.82) is 0 Å². The molecule has 5 nitrogen and oxygen atoms in total. The van der Waals surface area contributed by atoms with E-state index in [2.05, 4.69) is 18.8 Å². The Balaban J connectivity index is 1.91. The molecule has 1 aliphatic heterocycles. The number of aromatic nitrogens is 1. The van der Waals surface area contributed by atoms with Gasteiger partial charge in [-0.3, -0.25) is 4.79 Å². The number of hydrogen-bond donors (Lipinski definition) is 1. The quantitative estimate of drug-likeness (QED) is 0.547. The van der Waals surface area contributed by atoms with E-state index in [9.17, 15) is 9.59 Å². The Morgan fingerprint density at radius 3 is 2.48 bits per heavy atom. The first-order valence-corrected chi connectivity index (χ1v) is 10.7. The Bertz CT molecular complexity index is 1210. The van der Waals surface area contributed by atoms with Crippen LogP contribution >= 0.6 is 11.6 Å². The lowest BCUT2D eigenvalue weighted by Crippen LogP contribution is -2.37. The third-order valence-electron chi connectivity index (χ3n) is 5.43. The number of amides is 1. The van der Waals surface area contributed by atoms with Gasteiger partial charge in [0.1, 0.15) is 0 Å². The molecule has 2 heterocycles. The van der Waals surface area contributed by atoms with E-state index in [1.54, 1.807) is 49.2 Å². The highest BCUT2D eigenvalue weighted by Crippen LogP contribution is 2.40. The maximum atomic E-state index is 13.4. The first-order chi connectivity index (χ1) is 14.7. The van der Waals surface area contributed by atoms with Crippen LogP contribution in [-0.2, 0) is 14.9 Å². The van der Waals surface area contributed by atoms with Crippen molar-refractivity contribution in [2.24, 2.45) is 0 Å². The Morgan fingerprint density at radius 2 is 1.77 bits per heavy atom. The van der Waals surface area contributed by atoms with Gasteiger partial charge >= 0.3 is 5.97 Å². The van der Waals surface area contributed by atoms with Crippen LogP contribution in [0.2, 0.25) is 5.02 Å². The maximum Gasteiger partial charge on any atom is 0.342 e. The maximum absolute atomic E-state index is 13.4. The number of carbonyl (C=O) groups is 2. The normalized spacial score (nSPS) is 15.4. The van der Waals surface area contributed by atoms with Crippen molar-refractivity contribution >= 4 is 40.0 Å². The van der Waals surface area contributed by atoms with Crippen LogP contribution in [0, 0.1) is 0 Å². The van der Waals surface area contributed by atoms with E-state index in [-0.39, 0.29) is 12.0 Å². The summed E-state index contributed by atoms with van der Waals surface area (Å²) in [5, 5.41) is 1.40. The molecule has 1 amide bonds. The predicted molar refractivity (Wildman–Crippen MR) is 123 cm³/mol. The molecule has 0 saturated heterocycles. The lowest BCUT2D eigenvalue weighted by Gasteiger charge is -2.29. The fourth-order valence-corrected chi connectivity index (χ4v) is 4.39. The average molecular weight is 437 g/mol. The molecule has 0 saturated carbocycles. The van der Waals surface area contributed by atoms with Crippen molar-refractivity contribution in [1.82, 2.24) is 9.88 Å². The molecule has 1 aromatic heterocycles. The number of hydrogen-bond acceptors (Lipinski definition) is 3. The molecule has 1 N–H and O–H groups in total. The minimum Gasteiger partial charge on any atom is -0.459 e. The van der Waals surface area contributed by atoms with Gasteiger partial charge in [0.25, 0.3) is 5.91 Å². The SMILES string of the molecule is CC(C)OC(=O)C1=CN(C(=O)c2ccccc2Cl)CC(C)(C)c2c1[nH]c1ccccc21. The largest absolute Gasteiger partial charge is 0.459 e. The highest BCUT2D eigenvalue weighted by atomic mass is 35.5. The van der Waals surface area contributed by atoms with Crippen molar-refractivity contribution in [3.05, 3.63) is 76.6 Å². The number of halogens is 1. The Morgan fingerprint density at radius 1 is 1.10 bits per heavy atom. The summed E-state index contributed by atoms with van der Waals surface area (Å²) in [4.78, 5) is 31.5. The van der Waals surface area contributed by atoms with Crippen LogP contribution < -0.4 is 0 Å². The molecule has 6 heteroatoms. The Kier molecular flexibility index (Phi) is 5.40. The molecule has 0 radical (unpaired) electrons. The second-order valence-corrected chi connectivity index (χ2v) is 9.12. The smallest absolute Gasteiger partial charge is 0.342 e. The molecule has 3 aromatic rings. The van der Waals surface area contributed by atoms with E-state index >= 15 is 0 Å². The zero-order chi connectivity index (χ0) is 22.3. The summed E-state index contributed by atoms with van der Waals surface area (Å²) >= 11 is 6.30. The summed E-state index contributed by atoms with van der Waals surface area (Å²) in [7, 11) is 0. The van der Waals surface area contributed by atoms with Gasteiger partial charge in [-0.2, -0.15) is 0 Å². The number of carbonyl (C=O) groups excluding carboxylic acids is 2. The van der Waals surface area contributed by atoms with Crippen LogP contribution in [0.25, 0.3) is 16.5 Å². The first kappa shape index (κ1) is 21.2.